The molecule has 1 fully saturated rings. The number of aromatic nitrogens is 1. The third-order valence-corrected chi connectivity index (χ3v) is 5.73. The minimum Gasteiger partial charge on any atom is -0.480 e. The number of amides is 1. The fraction of sp³-hybridized carbons (Fsp3) is 0.316. The molecule has 1 saturated heterocycles. The van der Waals surface area contributed by atoms with E-state index in [4.69, 9.17) is 16.7 Å². The third-order valence-electron chi connectivity index (χ3n) is 4.40. The molecule has 1 aromatic heterocycles. The smallest absolute Gasteiger partial charge is 0.322 e. The van der Waals surface area contributed by atoms with Crippen molar-refractivity contribution in [2.75, 3.05) is 19.6 Å². The summed E-state index contributed by atoms with van der Waals surface area (Å²) in [6.45, 7) is 1.52. The predicted octanol–water partition coefficient (Wildman–Crippen LogP) is 3.44. The molecule has 0 atom stereocenters. The number of halogens is 1. The van der Waals surface area contributed by atoms with Gasteiger partial charge in [-0.15, -0.1) is 0 Å². The number of aliphatic carboxylic acids is 1. The van der Waals surface area contributed by atoms with E-state index in [1.807, 2.05) is 18.2 Å². The highest BCUT2D eigenvalue weighted by Gasteiger charge is 2.21. The maximum absolute atomic E-state index is 11.8. The second-order valence-corrected chi connectivity index (χ2v) is 7.91. The first-order chi connectivity index (χ1) is 13.0. The predicted molar refractivity (Wildman–Crippen MR) is 105 cm³/mol. The van der Waals surface area contributed by atoms with Gasteiger partial charge in [-0.2, -0.15) is 0 Å². The van der Waals surface area contributed by atoms with Crippen LogP contribution in [0, 0.1) is 0 Å². The van der Waals surface area contributed by atoms with Crippen molar-refractivity contribution in [3.05, 3.63) is 58.9 Å². The molecule has 27 heavy (non-hydrogen) atoms. The van der Waals surface area contributed by atoms with E-state index in [1.165, 1.54) is 5.56 Å². The molecule has 142 valence electrons. The molecule has 3 rings (SSSR count). The Morgan fingerprint density at radius 2 is 1.89 bits per heavy atom. The van der Waals surface area contributed by atoms with Crippen molar-refractivity contribution in [2.24, 2.45) is 0 Å². The third kappa shape index (κ3) is 5.69. The number of pyridine rings is 1. The summed E-state index contributed by atoms with van der Waals surface area (Å²) < 4.78 is 2.30. The van der Waals surface area contributed by atoms with Crippen LogP contribution in [0.2, 0.25) is 5.02 Å². The monoisotopic (exact) mass is 405 g/mol. The van der Waals surface area contributed by atoms with Crippen LogP contribution in [0.5, 0.6) is 0 Å². The van der Waals surface area contributed by atoms with Gasteiger partial charge in [0.2, 0.25) is 0 Å². The number of piperidine rings is 1. The minimum absolute atomic E-state index is 0.210. The molecule has 2 N–H and O–H groups in total. The number of carbonyl (C=O) groups excluding carboxylic acids is 1. The highest BCUT2D eigenvalue weighted by Crippen LogP contribution is 2.33. The number of carboxylic acid groups (broad SMARTS) is 1. The Labute approximate surface area is 167 Å². The molecule has 0 aliphatic carbocycles. The number of benzene rings is 1. The largest absolute Gasteiger partial charge is 0.480 e. The van der Waals surface area contributed by atoms with E-state index in [0.29, 0.717) is 5.92 Å². The fourth-order valence-electron chi connectivity index (χ4n) is 2.98. The molecule has 0 spiro atoms. The van der Waals surface area contributed by atoms with E-state index >= 15 is 0 Å². The number of rotatable bonds is 6. The molecule has 0 unspecified atom stereocenters. The Bertz CT molecular complexity index is 791. The van der Waals surface area contributed by atoms with Crippen molar-refractivity contribution < 1.29 is 14.7 Å². The summed E-state index contributed by atoms with van der Waals surface area (Å²) in [5.74, 6) is -1.02. The first-order valence-corrected chi connectivity index (χ1v) is 9.81. The normalized spacial score (nSPS) is 15.4. The van der Waals surface area contributed by atoms with Gasteiger partial charge in [-0.1, -0.05) is 23.7 Å². The zero-order valence-electron chi connectivity index (χ0n) is 14.6. The lowest BCUT2D eigenvalue weighted by Crippen LogP contribution is -2.29. The van der Waals surface area contributed by atoms with Gasteiger partial charge in [0.25, 0.3) is 5.91 Å². The summed E-state index contributed by atoms with van der Waals surface area (Å²) in [4.78, 5) is 27.4. The van der Waals surface area contributed by atoms with E-state index in [9.17, 15) is 9.59 Å². The van der Waals surface area contributed by atoms with Gasteiger partial charge < -0.3 is 10.4 Å². The molecule has 1 amide bonds. The van der Waals surface area contributed by atoms with Crippen LogP contribution >= 0.6 is 23.5 Å². The number of carbonyl (C=O) groups is 2. The topological polar surface area (TPSA) is 82.5 Å². The Morgan fingerprint density at radius 3 is 2.48 bits per heavy atom. The molecule has 1 aliphatic rings. The second-order valence-electron chi connectivity index (χ2n) is 6.30. The summed E-state index contributed by atoms with van der Waals surface area (Å²) in [5, 5.41) is 11.6. The summed E-state index contributed by atoms with van der Waals surface area (Å²) in [7, 11) is 0. The molecular formula is C19H20ClN3O3S. The highest BCUT2D eigenvalue weighted by atomic mass is 35.5. The Balaban J connectivity index is 1.49. The van der Waals surface area contributed by atoms with Crippen molar-refractivity contribution in [3.8, 4) is 0 Å². The lowest BCUT2D eigenvalue weighted by atomic mass is 9.90. The lowest BCUT2D eigenvalue weighted by molar-refractivity contribution is -0.135. The van der Waals surface area contributed by atoms with Crippen LogP contribution in [0.4, 0.5) is 0 Å². The molecule has 8 heteroatoms. The number of carboxylic acids is 1. The number of hydrogen-bond donors (Lipinski definition) is 2. The molecule has 2 heterocycles. The Hall–Kier alpha value is -2.09. The van der Waals surface area contributed by atoms with Gasteiger partial charge in [0.05, 0.1) is 0 Å². The van der Waals surface area contributed by atoms with Crippen LogP contribution in [0.15, 0.2) is 47.5 Å². The van der Waals surface area contributed by atoms with Crippen molar-refractivity contribution in [2.45, 2.75) is 23.7 Å². The molecule has 1 aliphatic heterocycles. The van der Waals surface area contributed by atoms with Crippen molar-refractivity contribution in [3.63, 3.8) is 0 Å². The van der Waals surface area contributed by atoms with E-state index in [1.54, 1.807) is 24.2 Å². The zero-order valence-corrected chi connectivity index (χ0v) is 16.2. The van der Waals surface area contributed by atoms with Crippen LogP contribution in [-0.4, -0.2) is 45.9 Å². The SMILES string of the molecule is O=C(O)CNC(=O)c1ccc(SN2CCC(c3ccc(Cl)cc3)CC2)cn1. The number of nitrogens with zero attached hydrogens (tertiary/aromatic N) is 2. The maximum atomic E-state index is 11.8. The van der Waals surface area contributed by atoms with Crippen LogP contribution in [-0.2, 0) is 4.79 Å². The van der Waals surface area contributed by atoms with Gasteiger partial charge in [-0.3, -0.25) is 9.59 Å². The first-order valence-electron chi connectivity index (χ1n) is 8.65. The van der Waals surface area contributed by atoms with E-state index in [0.717, 1.165) is 35.8 Å². The van der Waals surface area contributed by atoms with Gasteiger partial charge >= 0.3 is 5.97 Å². The summed E-state index contributed by atoms with van der Waals surface area (Å²) in [6.07, 6.45) is 3.81. The molecule has 0 radical (unpaired) electrons. The molecule has 1 aromatic carbocycles. The quantitative estimate of drug-likeness (QED) is 0.716. The molecule has 0 saturated carbocycles. The van der Waals surface area contributed by atoms with E-state index < -0.39 is 18.4 Å². The van der Waals surface area contributed by atoms with E-state index in [2.05, 4.69) is 26.7 Å². The molecule has 0 bridgehead atoms. The standard InChI is InChI=1S/C19H20ClN3O3S/c20-15-3-1-13(2-4-15)14-7-9-23(10-8-14)27-16-5-6-17(21-11-16)19(26)22-12-18(24)25/h1-6,11,14H,7-10,12H2,(H,22,26)(H,24,25). The van der Waals surface area contributed by atoms with Crippen molar-refractivity contribution in [1.29, 1.82) is 0 Å². The minimum atomic E-state index is -1.09. The van der Waals surface area contributed by atoms with Crippen LogP contribution in [0.25, 0.3) is 0 Å². The Morgan fingerprint density at radius 1 is 1.19 bits per heavy atom. The Kier molecular flexibility index (Phi) is 6.71. The van der Waals surface area contributed by atoms with Gasteiger partial charge in [0.1, 0.15) is 12.2 Å². The number of hydrogen-bond acceptors (Lipinski definition) is 5. The number of nitrogens with one attached hydrogen (secondary N) is 1. The van der Waals surface area contributed by atoms with Gasteiger partial charge in [-0.05, 0) is 60.5 Å². The fourth-order valence-corrected chi connectivity index (χ4v) is 4.03. The molecule has 2 aromatic rings. The highest BCUT2D eigenvalue weighted by molar-refractivity contribution is 7.97. The summed E-state index contributed by atoms with van der Waals surface area (Å²) in [5.41, 5.74) is 1.55. The van der Waals surface area contributed by atoms with Crippen molar-refractivity contribution >= 4 is 35.4 Å². The average Bonchev–Trinajstić information content (AvgIpc) is 2.68. The van der Waals surface area contributed by atoms with Crippen LogP contribution < -0.4 is 5.32 Å². The van der Waals surface area contributed by atoms with Gasteiger partial charge in [0, 0.05) is 29.2 Å². The van der Waals surface area contributed by atoms with Gasteiger partial charge in [-0.25, -0.2) is 9.29 Å². The first kappa shape index (κ1) is 19.7. The van der Waals surface area contributed by atoms with Crippen molar-refractivity contribution in [1.82, 2.24) is 14.6 Å². The lowest BCUT2D eigenvalue weighted by Gasteiger charge is -2.31. The van der Waals surface area contributed by atoms with Crippen LogP contribution in [0.1, 0.15) is 34.8 Å². The summed E-state index contributed by atoms with van der Waals surface area (Å²) >= 11 is 7.58. The van der Waals surface area contributed by atoms with Crippen LogP contribution in [0.3, 0.4) is 0 Å². The molecule has 6 nitrogen and oxygen atoms in total. The summed E-state index contributed by atoms with van der Waals surface area (Å²) in [6, 6.07) is 11.5. The zero-order chi connectivity index (χ0) is 19.2. The van der Waals surface area contributed by atoms with Gasteiger partial charge in [0.15, 0.2) is 0 Å². The second kappa shape index (κ2) is 9.21. The van der Waals surface area contributed by atoms with E-state index in [-0.39, 0.29) is 5.69 Å². The average molecular weight is 406 g/mol. The molecular weight excluding hydrogens is 386 g/mol. The maximum Gasteiger partial charge on any atom is 0.322 e.